The van der Waals surface area contributed by atoms with Crippen LogP contribution in [0, 0.1) is 0 Å². The van der Waals surface area contributed by atoms with Gasteiger partial charge in [0.1, 0.15) is 23.8 Å². The summed E-state index contributed by atoms with van der Waals surface area (Å²) in [5, 5.41) is 21.0. The highest BCUT2D eigenvalue weighted by Gasteiger charge is 2.45. The fourth-order valence-electron chi connectivity index (χ4n) is 2.62. The quantitative estimate of drug-likeness (QED) is 0.158. The number of phosphoric acid groups is 1. The number of aliphatic hydroxyl groups is 2. The van der Waals surface area contributed by atoms with Gasteiger partial charge in [0, 0.05) is 0 Å². The number of rotatable bonds is 7. The molecule has 0 aliphatic carbocycles. The molecule has 3 heterocycles. The van der Waals surface area contributed by atoms with E-state index in [4.69, 9.17) is 24.8 Å². The molecule has 14 nitrogen and oxygen atoms in total. The second kappa shape index (κ2) is 8.42. The van der Waals surface area contributed by atoms with Crippen molar-refractivity contribution in [2.45, 2.75) is 29.7 Å². The first-order valence-electron chi connectivity index (χ1n) is 7.71. The second-order valence-electron chi connectivity index (χ2n) is 5.80. The van der Waals surface area contributed by atoms with Gasteiger partial charge in [-0.1, -0.05) is 11.8 Å². The summed E-state index contributed by atoms with van der Waals surface area (Å²) in [5.41, 5.74) is 6.39. The summed E-state index contributed by atoms with van der Waals surface area (Å²) in [6, 6.07) is 0. The zero-order valence-electron chi connectivity index (χ0n) is 14.5. The Kier molecular flexibility index (Phi) is 6.66. The number of anilines is 1. The minimum atomic E-state index is -5.09. The number of hydrogen-bond acceptors (Lipinski definition) is 12. The van der Waals surface area contributed by atoms with Crippen molar-refractivity contribution in [2.24, 2.45) is 0 Å². The van der Waals surface area contributed by atoms with Crippen LogP contribution in [0.15, 0.2) is 11.5 Å². The molecule has 2 aromatic rings. The van der Waals surface area contributed by atoms with Gasteiger partial charge in [-0.2, -0.15) is 0 Å². The third-order valence-corrected chi connectivity index (χ3v) is 7.45. The van der Waals surface area contributed by atoms with Crippen LogP contribution in [0.1, 0.15) is 6.23 Å². The molecule has 162 valence electrons. The Morgan fingerprint density at radius 1 is 1.34 bits per heavy atom. The summed E-state index contributed by atoms with van der Waals surface area (Å²) in [5.74, 6) is 0.126. The number of thioether (sulfide) groups is 1. The summed E-state index contributed by atoms with van der Waals surface area (Å²) < 4.78 is 26.6. The molecule has 7 N–H and O–H groups in total. The molecule has 2 aromatic heterocycles. The van der Waals surface area contributed by atoms with Crippen LogP contribution in [0.5, 0.6) is 0 Å². The van der Waals surface area contributed by atoms with E-state index in [1.807, 2.05) is 0 Å². The van der Waals surface area contributed by atoms with Crippen molar-refractivity contribution >= 4 is 55.1 Å². The van der Waals surface area contributed by atoms with Crippen molar-refractivity contribution in [1.29, 1.82) is 0 Å². The molecule has 1 aliphatic heterocycles. The number of ether oxygens (including phenoxy) is 1. The summed E-state index contributed by atoms with van der Waals surface area (Å²) in [4.78, 5) is 39.6. The summed E-state index contributed by atoms with van der Waals surface area (Å²) in [6.45, 7) is -4.92. The first-order chi connectivity index (χ1) is 13.4. The van der Waals surface area contributed by atoms with E-state index in [9.17, 15) is 19.7 Å². The van der Waals surface area contributed by atoms with Crippen molar-refractivity contribution in [1.82, 2.24) is 19.5 Å². The molecule has 3 rings (SSSR count). The maximum atomic E-state index is 10.8. The average molecular weight is 489 g/mol. The van der Waals surface area contributed by atoms with E-state index < -0.39 is 45.7 Å². The Morgan fingerprint density at radius 2 is 2.03 bits per heavy atom. The van der Waals surface area contributed by atoms with Gasteiger partial charge in [-0.05, 0) is 18.1 Å². The summed E-state index contributed by atoms with van der Waals surface area (Å²) in [6.07, 6.45) is -2.24. The van der Waals surface area contributed by atoms with Gasteiger partial charge in [0.2, 0.25) is 0 Å². The lowest BCUT2D eigenvalue weighted by Crippen LogP contribution is -2.33. The molecule has 0 amide bonds. The summed E-state index contributed by atoms with van der Waals surface area (Å²) >= 11 is 5.73. The van der Waals surface area contributed by atoms with Gasteiger partial charge < -0.3 is 39.9 Å². The van der Waals surface area contributed by atoms with Crippen LogP contribution in [0.25, 0.3) is 11.2 Å². The Balaban J connectivity index is 1.80. The lowest BCUT2D eigenvalue weighted by Gasteiger charge is -2.19. The molecule has 0 saturated carbocycles. The van der Waals surface area contributed by atoms with Gasteiger partial charge in [0.25, 0.3) is 0 Å². The molecule has 5 atom stereocenters. The highest BCUT2D eigenvalue weighted by atomic mass is 32.5. The molecule has 18 heteroatoms. The van der Waals surface area contributed by atoms with E-state index in [0.29, 0.717) is 5.16 Å². The number of nitrogens with zero attached hydrogens (tertiary/aromatic N) is 4. The van der Waals surface area contributed by atoms with Crippen LogP contribution in [0.2, 0.25) is 0 Å². The van der Waals surface area contributed by atoms with Gasteiger partial charge >= 0.3 is 14.5 Å². The van der Waals surface area contributed by atoms with Crippen LogP contribution in [-0.2, 0) is 29.9 Å². The fraction of sp³-hybridized carbons (Fsp3) is 0.545. The van der Waals surface area contributed by atoms with Crippen LogP contribution in [-0.4, -0.2) is 75.6 Å². The molecule has 1 aliphatic rings. The lowest BCUT2D eigenvalue weighted by molar-refractivity contribution is -0.0486. The fourth-order valence-corrected chi connectivity index (χ4v) is 5.55. The lowest BCUT2D eigenvalue weighted by atomic mass is 10.1. The normalized spacial score (nSPS) is 27.4. The number of hydrogen-bond donors (Lipinski definition) is 6. The second-order valence-corrected chi connectivity index (χ2v) is 10.8. The van der Waals surface area contributed by atoms with Crippen molar-refractivity contribution in [2.75, 3.05) is 18.6 Å². The monoisotopic (exact) mass is 489 g/mol. The molecule has 1 unspecified atom stereocenters. The van der Waals surface area contributed by atoms with Gasteiger partial charge in [-0.25, -0.2) is 23.8 Å². The number of aromatic nitrogens is 4. The molecule has 0 bridgehead atoms. The highest BCUT2D eigenvalue weighted by Crippen LogP contribution is 2.58. The molecule has 0 radical (unpaired) electrons. The van der Waals surface area contributed by atoms with Crippen molar-refractivity contribution in [3.63, 3.8) is 0 Å². The van der Waals surface area contributed by atoms with Gasteiger partial charge in [-0.15, -0.1) is 0 Å². The molecule has 29 heavy (non-hydrogen) atoms. The largest absolute Gasteiger partial charge is 0.476 e. The average Bonchev–Trinajstić information content (AvgIpc) is 3.13. The molecule has 1 fully saturated rings. The van der Waals surface area contributed by atoms with Crippen LogP contribution in [0.3, 0.4) is 0 Å². The summed E-state index contributed by atoms with van der Waals surface area (Å²) in [7, 11) is -5.09. The first kappa shape index (κ1) is 22.9. The van der Waals surface area contributed by atoms with E-state index in [-0.39, 0.29) is 17.0 Å². The van der Waals surface area contributed by atoms with Gasteiger partial charge in [-0.3, -0.25) is 4.57 Å². The number of imidazole rings is 1. The molecule has 0 aromatic carbocycles. The van der Waals surface area contributed by atoms with E-state index >= 15 is 0 Å². The predicted octanol–water partition coefficient (Wildman–Crippen LogP) is -0.908. The standard InChI is InChI=1S/C11H17N5O9P2S2/c1-29-11-14-8(12)5-9(15-11)16(3-13-5)10-7(18)6(17)4(24-10)2-23-27(22,28)25-26(19,20)21/h3-4,6-7,10,17-18H,2H2,1H3,(H,22,28)(H2,12,14,15)(H2,19,20,21)/t4-,6-,7-,10-,27?/m1/s1. The van der Waals surface area contributed by atoms with Crippen LogP contribution in [0.4, 0.5) is 5.82 Å². The van der Waals surface area contributed by atoms with Gasteiger partial charge in [0.05, 0.1) is 12.9 Å². The Labute approximate surface area is 172 Å². The van der Waals surface area contributed by atoms with Crippen LogP contribution >= 0.6 is 26.3 Å². The van der Waals surface area contributed by atoms with Crippen molar-refractivity contribution < 1.29 is 43.0 Å². The number of aliphatic hydroxyl groups excluding tert-OH is 2. The van der Waals surface area contributed by atoms with E-state index in [1.165, 1.54) is 22.7 Å². The van der Waals surface area contributed by atoms with Crippen molar-refractivity contribution in [3.8, 4) is 0 Å². The third-order valence-electron chi connectivity index (χ3n) is 3.83. The van der Waals surface area contributed by atoms with Crippen molar-refractivity contribution in [3.05, 3.63) is 6.33 Å². The van der Waals surface area contributed by atoms with E-state index in [2.05, 4.69) is 31.1 Å². The Hall–Kier alpha value is -0.740. The maximum Gasteiger partial charge on any atom is 0.476 e. The predicted molar refractivity (Wildman–Crippen MR) is 103 cm³/mol. The molecular formula is C11H17N5O9P2S2. The van der Waals surface area contributed by atoms with Crippen LogP contribution < -0.4 is 5.73 Å². The highest BCUT2D eigenvalue weighted by molar-refractivity contribution is 8.08. The SMILES string of the molecule is CSc1nc(N)c2ncn([C@@H]3O[C@H](COP(O)(=S)OP(=O)(O)O)[C@@H](O)[C@H]3O)c2n1. The maximum absolute atomic E-state index is 10.8. The molecule has 1 saturated heterocycles. The first-order valence-corrected chi connectivity index (χ1v) is 13.1. The van der Waals surface area contributed by atoms with E-state index in [1.54, 1.807) is 6.26 Å². The zero-order valence-corrected chi connectivity index (χ0v) is 18.0. The van der Waals surface area contributed by atoms with Gasteiger partial charge in [0.15, 0.2) is 22.8 Å². The number of fused-ring (bicyclic) bond motifs is 1. The number of nitrogen functional groups attached to an aromatic ring is 1. The number of nitrogens with two attached hydrogens (primary N) is 1. The minimum Gasteiger partial charge on any atom is -0.387 e. The topological polar surface area (TPSA) is 216 Å². The third kappa shape index (κ3) is 5.12. The Morgan fingerprint density at radius 3 is 2.66 bits per heavy atom. The molecule has 0 spiro atoms. The Bertz CT molecular complexity index is 1000. The zero-order chi connectivity index (χ0) is 21.6. The smallest absolute Gasteiger partial charge is 0.387 e. The molecular weight excluding hydrogens is 472 g/mol. The van der Waals surface area contributed by atoms with E-state index in [0.717, 1.165) is 0 Å². The minimum absolute atomic E-state index is 0.126.